The molecule has 0 amide bonds. The van der Waals surface area contributed by atoms with E-state index in [1.807, 2.05) is 49.4 Å². The third kappa shape index (κ3) is 4.50. The molecule has 2 heterocycles. The molecule has 1 saturated heterocycles. The smallest absolute Gasteiger partial charge is 0.148 e. The number of anilines is 1. The van der Waals surface area contributed by atoms with Crippen LogP contribution in [0.2, 0.25) is 0 Å². The topological polar surface area (TPSA) is 70.5 Å². The van der Waals surface area contributed by atoms with Gasteiger partial charge in [0.05, 0.1) is 18.3 Å². The molecule has 0 bridgehead atoms. The molecule has 0 spiro atoms. The number of aliphatic hydroxyl groups is 1. The Kier molecular flexibility index (Phi) is 5.40. The fourth-order valence-corrected chi connectivity index (χ4v) is 2.99. The van der Waals surface area contributed by atoms with Gasteiger partial charge in [-0.3, -0.25) is 4.90 Å². The van der Waals surface area contributed by atoms with Gasteiger partial charge in [0.15, 0.2) is 0 Å². The molecule has 1 aliphatic rings. The van der Waals surface area contributed by atoms with Crippen LogP contribution in [0.4, 0.5) is 5.82 Å². The van der Waals surface area contributed by atoms with E-state index in [2.05, 4.69) is 20.4 Å². The second kappa shape index (κ2) is 7.70. The van der Waals surface area contributed by atoms with Crippen molar-refractivity contribution < 1.29 is 9.84 Å². The summed E-state index contributed by atoms with van der Waals surface area (Å²) in [6.07, 6.45) is 1.71. The summed E-state index contributed by atoms with van der Waals surface area (Å²) in [4.78, 5) is 2.25. The van der Waals surface area contributed by atoms with Crippen LogP contribution in [0.1, 0.15) is 12.5 Å². The molecule has 1 aromatic heterocycles. The van der Waals surface area contributed by atoms with Crippen molar-refractivity contribution in [2.45, 2.75) is 18.6 Å². The fourth-order valence-electron chi connectivity index (χ4n) is 2.99. The van der Waals surface area contributed by atoms with E-state index in [0.29, 0.717) is 19.7 Å². The van der Waals surface area contributed by atoms with Gasteiger partial charge in [0.1, 0.15) is 5.82 Å². The average Bonchev–Trinajstić information content (AvgIpc) is 2.62. The maximum absolute atomic E-state index is 10.8. The standard InChI is InChI=1S/C18H24N4O2/c1-18(23,15-6-3-2-4-7-15)14-22-10-11-24-16(13-22)12-19-17-8-5-9-20-21-17/h2-9,16,23H,10-14H2,1H3,(H,19,21). The molecule has 6 heteroatoms. The van der Waals surface area contributed by atoms with Gasteiger partial charge in [-0.25, -0.2) is 0 Å². The molecule has 0 saturated carbocycles. The van der Waals surface area contributed by atoms with Gasteiger partial charge in [-0.1, -0.05) is 30.3 Å². The first-order valence-electron chi connectivity index (χ1n) is 8.27. The Bertz CT molecular complexity index is 621. The number of ether oxygens (including phenoxy) is 1. The first-order valence-corrected chi connectivity index (χ1v) is 8.27. The van der Waals surface area contributed by atoms with Crippen molar-refractivity contribution in [2.75, 3.05) is 38.1 Å². The number of hydrogen-bond donors (Lipinski definition) is 2. The number of nitrogens with one attached hydrogen (secondary N) is 1. The molecule has 2 aromatic rings. The van der Waals surface area contributed by atoms with Gasteiger partial charge in [0.25, 0.3) is 0 Å². The van der Waals surface area contributed by atoms with Crippen LogP contribution in [0.25, 0.3) is 0 Å². The van der Waals surface area contributed by atoms with Crippen molar-refractivity contribution in [2.24, 2.45) is 0 Å². The Morgan fingerprint density at radius 1 is 1.29 bits per heavy atom. The van der Waals surface area contributed by atoms with Crippen LogP contribution in [-0.4, -0.2) is 59.1 Å². The Labute approximate surface area is 142 Å². The largest absolute Gasteiger partial charge is 0.384 e. The lowest BCUT2D eigenvalue weighted by molar-refractivity contribution is -0.0565. The van der Waals surface area contributed by atoms with E-state index in [1.54, 1.807) is 6.20 Å². The van der Waals surface area contributed by atoms with Crippen molar-refractivity contribution in [1.82, 2.24) is 15.1 Å². The Hall–Kier alpha value is -2.02. The SMILES string of the molecule is CC(O)(CN1CCOC(CNc2cccnn2)C1)c1ccccc1. The van der Waals surface area contributed by atoms with E-state index in [1.165, 1.54) is 0 Å². The summed E-state index contributed by atoms with van der Waals surface area (Å²) >= 11 is 0. The molecule has 0 aliphatic carbocycles. The lowest BCUT2D eigenvalue weighted by Gasteiger charge is -2.37. The molecule has 24 heavy (non-hydrogen) atoms. The van der Waals surface area contributed by atoms with Crippen molar-refractivity contribution in [3.05, 3.63) is 54.2 Å². The van der Waals surface area contributed by atoms with E-state index in [9.17, 15) is 5.11 Å². The molecule has 0 radical (unpaired) electrons. The minimum Gasteiger partial charge on any atom is -0.384 e. The van der Waals surface area contributed by atoms with Crippen LogP contribution in [0.5, 0.6) is 0 Å². The van der Waals surface area contributed by atoms with Gasteiger partial charge in [0.2, 0.25) is 0 Å². The van der Waals surface area contributed by atoms with Crippen LogP contribution >= 0.6 is 0 Å². The Morgan fingerprint density at radius 2 is 2.12 bits per heavy atom. The molecule has 2 N–H and O–H groups in total. The predicted molar refractivity (Wildman–Crippen MR) is 92.7 cm³/mol. The number of hydrogen-bond acceptors (Lipinski definition) is 6. The van der Waals surface area contributed by atoms with Crippen molar-refractivity contribution in [1.29, 1.82) is 0 Å². The minimum atomic E-state index is -0.874. The second-order valence-electron chi connectivity index (χ2n) is 6.36. The van der Waals surface area contributed by atoms with E-state index < -0.39 is 5.60 Å². The van der Waals surface area contributed by atoms with Crippen LogP contribution < -0.4 is 5.32 Å². The highest BCUT2D eigenvalue weighted by Gasteiger charge is 2.29. The Morgan fingerprint density at radius 3 is 2.88 bits per heavy atom. The first-order chi connectivity index (χ1) is 11.6. The van der Waals surface area contributed by atoms with Gasteiger partial charge < -0.3 is 15.2 Å². The highest BCUT2D eigenvalue weighted by atomic mass is 16.5. The highest BCUT2D eigenvalue weighted by molar-refractivity contribution is 5.31. The number of aromatic nitrogens is 2. The third-order valence-electron chi connectivity index (χ3n) is 4.23. The molecule has 2 unspecified atom stereocenters. The number of rotatable bonds is 6. The first kappa shape index (κ1) is 16.8. The summed E-state index contributed by atoms with van der Waals surface area (Å²) in [6, 6.07) is 13.5. The average molecular weight is 328 g/mol. The maximum atomic E-state index is 10.8. The zero-order chi connectivity index (χ0) is 16.8. The van der Waals surface area contributed by atoms with Crippen molar-refractivity contribution in [3.63, 3.8) is 0 Å². The fraction of sp³-hybridized carbons (Fsp3) is 0.444. The normalized spacial score (nSPS) is 21.2. The molecular weight excluding hydrogens is 304 g/mol. The number of benzene rings is 1. The summed E-state index contributed by atoms with van der Waals surface area (Å²) in [7, 11) is 0. The molecule has 1 fully saturated rings. The summed E-state index contributed by atoms with van der Waals surface area (Å²) in [5.41, 5.74) is 0.0623. The van der Waals surface area contributed by atoms with Gasteiger partial charge in [-0.15, -0.1) is 5.10 Å². The number of β-amino-alcohol motifs (C(OH)–C–C–N with tert-alkyl or cyclic N) is 1. The maximum Gasteiger partial charge on any atom is 0.148 e. The van der Waals surface area contributed by atoms with E-state index in [-0.39, 0.29) is 6.10 Å². The lowest BCUT2D eigenvalue weighted by Crippen LogP contribution is -2.49. The monoisotopic (exact) mass is 328 g/mol. The van der Waals surface area contributed by atoms with Crippen LogP contribution in [-0.2, 0) is 10.3 Å². The molecule has 1 aliphatic heterocycles. The summed E-state index contributed by atoms with van der Waals surface area (Å²) in [5.74, 6) is 0.745. The van der Waals surface area contributed by atoms with Crippen molar-refractivity contribution >= 4 is 5.82 Å². The minimum absolute atomic E-state index is 0.0623. The molecule has 2 atom stereocenters. The van der Waals surface area contributed by atoms with E-state index in [0.717, 1.165) is 24.5 Å². The van der Waals surface area contributed by atoms with Gasteiger partial charge in [0, 0.05) is 32.4 Å². The van der Waals surface area contributed by atoms with Crippen LogP contribution in [0.3, 0.4) is 0 Å². The summed E-state index contributed by atoms with van der Waals surface area (Å²) in [6.45, 7) is 5.38. The van der Waals surface area contributed by atoms with Crippen LogP contribution in [0.15, 0.2) is 48.7 Å². The number of nitrogens with zero attached hydrogens (tertiary/aromatic N) is 3. The van der Waals surface area contributed by atoms with Gasteiger partial charge in [-0.05, 0) is 24.6 Å². The second-order valence-corrected chi connectivity index (χ2v) is 6.36. The zero-order valence-electron chi connectivity index (χ0n) is 13.9. The molecule has 6 nitrogen and oxygen atoms in total. The predicted octanol–water partition coefficient (Wildman–Crippen LogP) is 1.50. The summed E-state index contributed by atoms with van der Waals surface area (Å²) in [5, 5.41) is 21.9. The molecule has 1 aromatic carbocycles. The molecule has 128 valence electrons. The lowest BCUT2D eigenvalue weighted by atomic mass is 9.95. The van der Waals surface area contributed by atoms with E-state index in [4.69, 9.17) is 4.74 Å². The zero-order valence-corrected chi connectivity index (χ0v) is 13.9. The van der Waals surface area contributed by atoms with Gasteiger partial charge >= 0.3 is 0 Å². The molecular formula is C18H24N4O2. The highest BCUT2D eigenvalue weighted by Crippen LogP contribution is 2.22. The number of morpholine rings is 1. The quantitative estimate of drug-likeness (QED) is 0.837. The van der Waals surface area contributed by atoms with E-state index >= 15 is 0 Å². The third-order valence-corrected chi connectivity index (χ3v) is 4.23. The molecule has 3 rings (SSSR count). The van der Waals surface area contributed by atoms with Crippen LogP contribution in [0, 0.1) is 0 Å². The van der Waals surface area contributed by atoms with Gasteiger partial charge in [-0.2, -0.15) is 5.10 Å². The summed E-state index contributed by atoms with van der Waals surface area (Å²) < 4.78 is 5.82. The van der Waals surface area contributed by atoms with Crippen molar-refractivity contribution in [3.8, 4) is 0 Å². The Balaban J connectivity index is 1.53.